The number of anilines is 1. The van der Waals surface area contributed by atoms with Gasteiger partial charge in [-0.1, -0.05) is 6.92 Å². The summed E-state index contributed by atoms with van der Waals surface area (Å²) < 4.78 is 0. The summed E-state index contributed by atoms with van der Waals surface area (Å²) in [6, 6.07) is 6.59. The number of nitrogens with two attached hydrogens (primary N) is 1. The highest BCUT2D eigenvalue weighted by atomic mass is 16.6. The summed E-state index contributed by atoms with van der Waals surface area (Å²) in [7, 11) is 0. The van der Waals surface area contributed by atoms with Crippen molar-refractivity contribution in [2.75, 3.05) is 18.0 Å². The maximum Gasteiger partial charge on any atom is 0.292 e. The van der Waals surface area contributed by atoms with E-state index in [2.05, 4.69) is 6.92 Å². The topological polar surface area (TPSA) is 96.2 Å². The molecule has 0 aromatic heterocycles. The minimum atomic E-state index is -0.399. The molecule has 1 heterocycles. The van der Waals surface area contributed by atoms with Gasteiger partial charge in [-0.25, -0.2) is 0 Å². The van der Waals surface area contributed by atoms with Gasteiger partial charge in [-0.3, -0.25) is 10.1 Å². The van der Waals surface area contributed by atoms with Crippen LogP contribution in [-0.2, 0) is 0 Å². The van der Waals surface area contributed by atoms with E-state index in [0.29, 0.717) is 23.7 Å². The molecule has 106 valence electrons. The molecule has 1 aromatic rings. The lowest BCUT2D eigenvalue weighted by atomic mass is 9.90. The fraction of sp³-hybridized carbons (Fsp3) is 0.500. The number of hydrogen-bond acceptors (Lipinski definition) is 5. The second-order valence-corrected chi connectivity index (χ2v) is 5.19. The molecule has 1 aromatic carbocycles. The maximum absolute atomic E-state index is 11.2. The Balaban J connectivity index is 2.48. The van der Waals surface area contributed by atoms with Gasteiger partial charge in [0.25, 0.3) is 5.69 Å². The Kier molecular flexibility index (Phi) is 4.20. The van der Waals surface area contributed by atoms with Crippen LogP contribution in [0.5, 0.6) is 0 Å². The highest BCUT2D eigenvalue weighted by Gasteiger charge is 2.31. The highest BCUT2D eigenvalue weighted by Crippen LogP contribution is 2.35. The molecule has 2 N–H and O–H groups in total. The molecule has 0 bridgehead atoms. The first-order valence-corrected chi connectivity index (χ1v) is 6.73. The van der Waals surface area contributed by atoms with Gasteiger partial charge in [0.2, 0.25) is 0 Å². The Bertz CT molecular complexity index is 553. The van der Waals surface area contributed by atoms with Crippen LogP contribution in [0.4, 0.5) is 11.4 Å². The smallest absolute Gasteiger partial charge is 0.292 e. The molecule has 20 heavy (non-hydrogen) atoms. The summed E-state index contributed by atoms with van der Waals surface area (Å²) in [6.07, 6.45) is 2.05. The zero-order chi connectivity index (χ0) is 14.7. The monoisotopic (exact) mass is 274 g/mol. The largest absolute Gasteiger partial charge is 0.361 e. The molecule has 1 fully saturated rings. The lowest BCUT2D eigenvalue weighted by molar-refractivity contribution is -0.384. The first-order valence-electron chi connectivity index (χ1n) is 6.73. The van der Waals surface area contributed by atoms with Gasteiger partial charge in [0.05, 0.1) is 16.6 Å². The minimum absolute atomic E-state index is 0.0385. The fourth-order valence-corrected chi connectivity index (χ4v) is 2.89. The van der Waals surface area contributed by atoms with Gasteiger partial charge in [-0.05, 0) is 30.9 Å². The molecule has 6 nitrogen and oxygen atoms in total. The van der Waals surface area contributed by atoms with Crippen molar-refractivity contribution < 1.29 is 4.92 Å². The van der Waals surface area contributed by atoms with Gasteiger partial charge in [0.1, 0.15) is 5.69 Å². The second kappa shape index (κ2) is 5.88. The Labute approximate surface area is 117 Å². The first-order chi connectivity index (χ1) is 9.58. The summed E-state index contributed by atoms with van der Waals surface area (Å²) in [5.74, 6) is 0.388. The summed E-state index contributed by atoms with van der Waals surface area (Å²) in [5.41, 5.74) is 6.82. The van der Waals surface area contributed by atoms with Gasteiger partial charge < -0.3 is 10.6 Å². The average Bonchev–Trinajstić information content (AvgIpc) is 2.46. The number of rotatable bonds is 3. The molecular weight excluding hydrogens is 256 g/mol. The van der Waals surface area contributed by atoms with Gasteiger partial charge >= 0.3 is 0 Å². The molecule has 1 saturated heterocycles. The van der Waals surface area contributed by atoms with Crippen LogP contribution in [0.25, 0.3) is 0 Å². The van der Waals surface area contributed by atoms with Crippen LogP contribution < -0.4 is 10.6 Å². The third kappa shape index (κ3) is 2.58. The normalized spacial score (nSPS) is 22.4. The predicted octanol–water partition coefficient (Wildman–Crippen LogP) is 2.03. The number of nitro groups is 1. The molecule has 0 radical (unpaired) electrons. The van der Waals surface area contributed by atoms with Crippen LogP contribution in [0.2, 0.25) is 0 Å². The van der Waals surface area contributed by atoms with Crippen molar-refractivity contribution in [2.45, 2.75) is 25.8 Å². The fourth-order valence-electron chi connectivity index (χ4n) is 2.89. The van der Waals surface area contributed by atoms with E-state index >= 15 is 0 Å². The summed E-state index contributed by atoms with van der Waals surface area (Å²) >= 11 is 0. The SMILES string of the molecule is CC1CCCN(c2cc(C#N)ccc2[N+](=O)[O-])C1CN. The minimum Gasteiger partial charge on any atom is -0.361 e. The van der Waals surface area contributed by atoms with Gasteiger partial charge in [0.15, 0.2) is 0 Å². The van der Waals surface area contributed by atoms with E-state index in [-0.39, 0.29) is 11.7 Å². The number of nitro benzene ring substituents is 1. The number of hydrogen-bond donors (Lipinski definition) is 1. The molecule has 1 aliphatic heterocycles. The number of piperidine rings is 1. The predicted molar refractivity (Wildman–Crippen MR) is 76.4 cm³/mol. The molecule has 1 aliphatic rings. The van der Waals surface area contributed by atoms with Crippen molar-refractivity contribution in [2.24, 2.45) is 11.7 Å². The van der Waals surface area contributed by atoms with E-state index in [9.17, 15) is 10.1 Å². The maximum atomic E-state index is 11.2. The number of benzene rings is 1. The van der Waals surface area contributed by atoms with Crippen LogP contribution in [0.15, 0.2) is 18.2 Å². The molecule has 0 amide bonds. The van der Waals surface area contributed by atoms with Crippen LogP contribution in [-0.4, -0.2) is 24.1 Å². The summed E-state index contributed by atoms with van der Waals surface area (Å²) in [6.45, 7) is 3.31. The van der Waals surface area contributed by atoms with Crippen LogP contribution >= 0.6 is 0 Å². The zero-order valence-electron chi connectivity index (χ0n) is 11.5. The number of nitrogens with zero attached hydrogens (tertiary/aromatic N) is 3. The molecule has 0 aliphatic carbocycles. The third-order valence-corrected chi connectivity index (χ3v) is 3.97. The van der Waals surface area contributed by atoms with E-state index in [1.54, 1.807) is 6.07 Å². The third-order valence-electron chi connectivity index (χ3n) is 3.97. The standard InChI is InChI=1S/C14H18N4O2/c1-10-3-2-6-17(14(10)9-16)13-7-11(8-15)4-5-12(13)18(19)20/h4-5,7,10,14H,2-3,6,9,16H2,1H3. The Hall–Kier alpha value is -2.13. The molecule has 2 rings (SSSR count). The number of nitriles is 1. The Morgan fingerprint density at radius 3 is 2.95 bits per heavy atom. The van der Waals surface area contributed by atoms with Crippen LogP contribution in [0, 0.1) is 27.4 Å². The zero-order valence-corrected chi connectivity index (χ0v) is 11.5. The Morgan fingerprint density at radius 2 is 2.35 bits per heavy atom. The Morgan fingerprint density at radius 1 is 1.60 bits per heavy atom. The van der Waals surface area contributed by atoms with Crippen molar-refractivity contribution in [1.29, 1.82) is 5.26 Å². The molecule has 0 spiro atoms. The quantitative estimate of drug-likeness (QED) is 0.672. The molecule has 6 heteroatoms. The average molecular weight is 274 g/mol. The van der Waals surface area contributed by atoms with Crippen molar-refractivity contribution in [3.63, 3.8) is 0 Å². The molecule has 0 saturated carbocycles. The van der Waals surface area contributed by atoms with Gasteiger partial charge in [0, 0.05) is 25.2 Å². The van der Waals surface area contributed by atoms with E-state index in [1.165, 1.54) is 12.1 Å². The van der Waals surface area contributed by atoms with Crippen molar-refractivity contribution in [1.82, 2.24) is 0 Å². The molecule has 2 unspecified atom stereocenters. The van der Waals surface area contributed by atoms with Crippen molar-refractivity contribution in [3.8, 4) is 6.07 Å². The van der Waals surface area contributed by atoms with Crippen LogP contribution in [0.3, 0.4) is 0 Å². The van der Waals surface area contributed by atoms with E-state index in [1.807, 2.05) is 11.0 Å². The van der Waals surface area contributed by atoms with Gasteiger partial charge in [-0.15, -0.1) is 0 Å². The lowest BCUT2D eigenvalue weighted by Crippen LogP contribution is -2.49. The van der Waals surface area contributed by atoms with Gasteiger partial charge in [-0.2, -0.15) is 5.26 Å². The lowest BCUT2D eigenvalue weighted by Gasteiger charge is -2.40. The first kappa shape index (κ1) is 14.3. The second-order valence-electron chi connectivity index (χ2n) is 5.19. The molecular formula is C14H18N4O2. The van der Waals surface area contributed by atoms with E-state index in [0.717, 1.165) is 19.4 Å². The van der Waals surface area contributed by atoms with Crippen LogP contribution in [0.1, 0.15) is 25.3 Å². The van der Waals surface area contributed by atoms with E-state index in [4.69, 9.17) is 11.0 Å². The summed E-state index contributed by atoms with van der Waals surface area (Å²) in [5, 5.41) is 20.2. The highest BCUT2D eigenvalue weighted by molar-refractivity contribution is 5.66. The van der Waals surface area contributed by atoms with Crippen molar-refractivity contribution >= 4 is 11.4 Å². The van der Waals surface area contributed by atoms with Crippen molar-refractivity contribution in [3.05, 3.63) is 33.9 Å². The summed E-state index contributed by atoms with van der Waals surface area (Å²) in [4.78, 5) is 12.8. The molecule has 2 atom stereocenters. The van der Waals surface area contributed by atoms with E-state index < -0.39 is 4.92 Å².